The summed E-state index contributed by atoms with van der Waals surface area (Å²) in [5, 5.41) is 0. The van der Waals surface area contributed by atoms with Gasteiger partial charge in [0.05, 0.1) is 12.8 Å². The highest BCUT2D eigenvalue weighted by atomic mass is 16.5. The molecule has 0 aromatic heterocycles. The van der Waals surface area contributed by atoms with E-state index in [2.05, 4.69) is 39.0 Å². The molecule has 0 N–H and O–H groups in total. The van der Waals surface area contributed by atoms with E-state index in [-0.39, 0.29) is 0 Å². The van der Waals surface area contributed by atoms with E-state index in [4.69, 9.17) is 14.5 Å². The van der Waals surface area contributed by atoms with Crippen LogP contribution in [0.25, 0.3) is 0 Å². The third-order valence-electron chi connectivity index (χ3n) is 4.66. The molecule has 144 valence electrons. The summed E-state index contributed by atoms with van der Waals surface area (Å²) in [6.07, 6.45) is 1.89. The number of aryl methyl sites for hydroxylation is 1. The van der Waals surface area contributed by atoms with Gasteiger partial charge in [0, 0.05) is 6.21 Å². The van der Waals surface area contributed by atoms with E-state index in [1.54, 1.807) is 7.11 Å². The van der Waals surface area contributed by atoms with E-state index in [0.29, 0.717) is 18.3 Å². The Labute approximate surface area is 167 Å². The van der Waals surface area contributed by atoms with E-state index in [0.717, 1.165) is 22.6 Å². The third kappa shape index (κ3) is 4.80. The van der Waals surface area contributed by atoms with E-state index < -0.39 is 0 Å². The first-order valence-electron chi connectivity index (χ1n) is 9.57. The first-order chi connectivity index (χ1) is 13.6. The molecule has 0 spiro atoms. The summed E-state index contributed by atoms with van der Waals surface area (Å²) in [6, 6.07) is 22.3. The van der Waals surface area contributed by atoms with Crippen LogP contribution in [0.1, 0.15) is 42.0 Å². The fourth-order valence-corrected chi connectivity index (χ4v) is 3.08. The number of nitrogens with zero attached hydrogens (tertiary/aromatic N) is 1. The van der Waals surface area contributed by atoms with Crippen LogP contribution < -0.4 is 9.47 Å². The topological polar surface area (TPSA) is 30.8 Å². The van der Waals surface area contributed by atoms with Gasteiger partial charge in [-0.1, -0.05) is 62.4 Å². The van der Waals surface area contributed by atoms with Crippen molar-refractivity contribution in [1.82, 2.24) is 0 Å². The van der Waals surface area contributed by atoms with Gasteiger partial charge in [-0.15, -0.1) is 0 Å². The molecule has 0 bridgehead atoms. The SMILES string of the molecule is COc1cc(C=Nc2c(C)cccc2C(C)C)ccc1OCc1ccccc1. The van der Waals surface area contributed by atoms with Gasteiger partial charge in [0.1, 0.15) is 6.61 Å². The monoisotopic (exact) mass is 373 g/mol. The van der Waals surface area contributed by atoms with E-state index >= 15 is 0 Å². The fourth-order valence-electron chi connectivity index (χ4n) is 3.08. The van der Waals surface area contributed by atoms with Crippen LogP contribution in [0.5, 0.6) is 11.5 Å². The normalized spacial score (nSPS) is 11.2. The van der Waals surface area contributed by atoms with E-state index in [1.165, 1.54) is 11.1 Å². The van der Waals surface area contributed by atoms with Crippen LogP contribution in [0.3, 0.4) is 0 Å². The van der Waals surface area contributed by atoms with Gasteiger partial charge in [-0.3, -0.25) is 4.99 Å². The molecule has 0 unspecified atom stereocenters. The number of ether oxygens (including phenoxy) is 2. The molecular formula is C25H27NO2. The van der Waals surface area contributed by atoms with Crippen LogP contribution in [0.4, 0.5) is 5.69 Å². The number of methoxy groups -OCH3 is 1. The second-order valence-electron chi connectivity index (χ2n) is 7.11. The maximum absolute atomic E-state index is 5.93. The average Bonchev–Trinajstić information content (AvgIpc) is 2.72. The van der Waals surface area contributed by atoms with Gasteiger partial charge in [0.25, 0.3) is 0 Å². The molecule has 3 rings (SSSR count). The maximum Gasteiger partial charge on any atom is 0.161 e. The van der Waals surface area contributed by atoms with Crippen molar-refractivity contribution in [3.63, 3.8) is 0 Å². The first-order valence-corrected chi connectivity index (χ1v) is 9.57. The molecule has 0 atom stereocenters. The predicted octanol–water partition coefficient (Wildman–Crippen LogP) is 6.46. The first kappa shape index (κ1) is 19.7. The number of aliphatic imine (C=N–C) groups is 1. The molecule has 0 aliphatic rings. The second-order valence-corrected chi connectivity index (χ2v) is 7.11. The van der Waals surface area contributed by atoms with Gasteiger partial charge in [0.15, 0.2) is 11.5 Å². The van der Waals surface area contributed by atoms with Crippen LogP contribution >= 0.6 is 0 Å². The zero-order chi connectivity index (χ0) is 19.9. The van der Waals surface area contributed by atoms with Gasteiger partial charge >= 0.3 is 0 Å². The molecule has 0 heterocycles. The molecule has 3 nitrogen and oxygen atoms in total. The van der Waals surface area contributed by atoms with Crippen molar-refractivity contribution in [3.8, 4) is 11.5 Å². The fraction of sp³-hybridized carbons (Fsp3) is 0.240. The summed E-state index contributed by atoms with van der Waals surface area (Å²) in [7, 11) is 1.66. The Bertz CT molecular complexity index is 946. The Morgan fingerprint density at radius 1 is 0.929 bits per heavy atom. The Morgan fingerprint density at radius 3 is 2.43 bits per heavy atom. The number of benzene rings is 3. The molecule has 0 radical (unpaired) electrons. The lowest BCUT2D eigenvalue weighted by atomic mass is 9.98. The molecule has 0 amide bonds. The highest BCUT2D eigenvalue weighted by Gasteiger charge is 2.09. The van der Waals surface area contributed by atoms with E-state index in [9.17, 15) is 0 Å². The Morgan fingerprint density at radius 2 is 1.71 bits per heavy atom. The maximum atomic E-state index is 5.93. The summed E-state index contributed by atoms with van der Waals surface area (Å²) >= 11 is 0. The molecule has 3 aromatic carbocycles. The van der Waals surface area contributed by atoms with Crippen LogP contribution in [0.2, 0.25) is 0 Å². The van der Waals surface area contributed by atoms with Crippen molar-refractivity contribution < 1.29 is 9.47 Å². The molecule has 0 saturated heterocycles. The summed E-state index contributed by atoms with van der Waals surface area (Å²) in [5.74, 6) is 1.85. The summed E-state index contributed by atoms with van der Waals surface area (Å²) in [6.45, 7) is 6.98. The Kier molecular flexibility index (Phi) is 6.49. The van der Waals surface area contributed by atoms with Gasteiger partial charge in [-0.2, -0.15) is 0 Å². The minimum atomic E-state index is 0.426. The zero-order valence-corrected chi connectivity index (χ0v) is 17.0. The van der Waals surface area contributed by atoms with Gasteiger partial charge < -0.3 is 9.47 Å². The van der Waals surface area contributed by atoms with Gasteiger partial charge in [-0.25, -0.2) is 0 Å². The number of para-hydroxylation sites is 1. The Balaban J connectivity index is 1.80. The third-order valence-corrected chi connectivity index (χ3v) is 4.66. The molecule has 3 aromatic rings. The average molecular weight is 373 g/mol. The van der Waals surface area contributed by atoms with Crippen LogP contribution in [0, 0.1) is 6.92 Å². The van der Waals surface area contributed by atoms with Gasteiger partial charge in [0.2, 0.25) is 0 Å². The molecular weight excluding hydrogens is 346 g/mol. The summed E-state index contributed by atoms with van der Waals surface area (Å²) < 4.78 is 11.5. The smallest absolute Gasteiger partial charge is 0.161 e. The van der Waals surface area contributed by atoms with Crippen LogP contribution in [-0.2, 0) is 6.61 Å². The zero-order valence-electron chi connectivity index (χ0n) is 17.0. The minimum Gasteiger partial charge on any atom is -0.493 e. The number of hydrogen-bond acceptors (Lipinski definition) is 3. The highest BCUT2D eigenvalue weighted by Crippen LogP contribution is 2.31. The lowest BCUT2D eigenvalue weighted by Gasteiger charge is -2.12. The lowest BCUT2D eigenvalue weighted by Crippen LogP contribution is -1.98. The number of rotatable bonds is 7. The second kappa shape index (κ2) is 9.23. The minimum absolute atomic E-state index is 0.426. The van der Waals surface area contributed by atoms with Crippen LogP contribution in [-0.4, -0.2) is 13.3 Å². The quantitative estimate of drug-likeness (QED) is 0.445. The van der Waals surface area contributed by atoms with Crippen molar-refractivity contribution >= 4 is 11.9 Å². The lowest BCUT2D eigenvalue weighted by molar-refractivity contribution is 0.284. The summed E-state index contributed by atoms with van der Waals surface area (Å²) in [5.41, 5.74) is 5.57. The standard InChI is InChI=1S/C25H27NO2/c1-18(2)22-12-8-9-19(3)25(22)26-16-21-13-14-23(24(15-21)27-4)28-17-20-10-6-5-7-11-20/h5-16,18H,17H2,1-4H3. The molecule has 0 fully saturated rings. The van der Waals surface area contributed by atoms with Crippen LogP contribution in [0.15, 0.2) is 71.7 Å². The molecule has 0 aliphatic heterocycles. The molecule has 0 saturated carbocycles. The largest absolute Gasteiger partial charge is 0.493 e. The van der Waals surface area contributed by atoms with Crippen molar-refractivity contribution in [2.75, 3.05) is 7.11 Å². The Hall–Kier alpha value is -3.07. The molecule has 3 heteroatoms. The number of hydrogen-bond donors (Lipinski definition) is 0. The predicted molar refractivity (Wildman–Crippen MR) is 116 cm³/mol. The molecule has 0 aliphatic carbocycles. The highest BCUT2D eigenvalue weighted by molar-refractivity contribution is 5.84. The van der Waals surface area contributed by atoms with Crippen molar-refractivity contribution in [1.29, 1.82) is 0 Å². The molecule has 28 heavy (non-hydrogen) atoms. The van der Waals surface area contributed by atoms with Crippen molar-refractivity contribution in [2.45, 2.75) is 33.3 Å². The van der Waals surface area contributed by atoms with Crippen molar-refractivity contribution in [3.05, 3.63) is 89.0 Å². The van der Waals surface area contributed by atoms with Crippen molar-refractivity contribution in [2.24, 2.45) is 4.99 Å². The van der Waals surface area contributed by atoms with Gasteiger partial charge in [-0.05, 0) is 53.3 Å². The van der Waals surface area contributed by atoms with E-state index in [1.807, 2.05) is 54.7 Å². The summed E-state index contributed by atoms with van der Waals surface area (Å²) in [4.78, 5) is 4.77.